The van der Waals surface area contributed by atoms with Gasteiger partial charge in [0, 0.05) is 0 Å². The Balaban J connectivity index is 3.47. The Bertz CT molecular complexity index is 523. The van der Waals surface area contributed by atoms with E-state index in [1.807, 2.05) is 5.32 Å². The summed E-state index contributed by atoms with van der Waals surface area (Å²) in [5.41, 5.74) is -1.35. The molecule has 0 heterocycles. The summed E-state index contributed by atoms with van der Waals surface area (Å²) in [6.07, 6.45) is 2.81. The molecule has 0 spiro atoms. The molecule has 18 heavy (non-hydrogen) atoms. The van der Waals surface area contributed by atoms with Crippen molar-refractivity contribution in [1.29, 1.82) is 5.26 Å². The quantitative estimate of drug-likeness (QED) is 0.164. The molecule has 0 amide bonds. The summed E-state index contributed by atoms with van der Waals surface area (Å²) >= 11 is 0.767. The first-order valence-corrected chi connectivity index (χ1v) is 5.45. The number of hydrogen-bond acceptors (Lipinski definition) is 3. The van der Waals surface area contributed by atoms with Crippen LogP contribution in [0.2, 0.25) is 0 Å². The molecule has 0 aliphatic carbocycles. The highest BCUT2D eigenvalue weighted by atomic mass is 32.2. The third-order valence-corrected chi connectivity index (χ3v) is 2.34. The number of nitrogens with one attached hydrogen (secondary N) is 1. The lowest BCUT2D eigenvalue weighted by molar-refractivity contribution is 0.381. The van der Waals surface area contributed by atoms with Crippen molar-refractivity contribution < 1.29 is 22.0 Å². The predicted molar refractivity (Wildman–Crippen MR) is 55.6 cm³/mol. The van der Waals surface area contributed by atoms with Crippen LogP contribution in [0.4, 0.5) is 27.6 Å². The van der Waals surface area contributed by atoms with Gasteiger partial charge in [0.15, 0.2) is 34.6 Å². The number of aliphatic imine (C=N–C) groups is 1. The molecule has 0 aromatic heterocycles. The fourth-order valence-electron chi connectivity index (χ4n) is 0.965. The van der Waals surface area contributed by atoms with Crippen LogP contribution >= 0.6 is 11.8 Å². The van der Waals surface area contributed by atoms with Gasteiger partial charge in [-0.05, 0) is 6.26 Å². The standard InChI is InChI=1S/C9H4F5N3S/c1-18-9(16-2-15)17-8-6(13)4(11)3(10)5(12)7(8)14/h1H3,(H,16,17). The summed E-state index contributed by atoms with van der Waals surface area (Å²) < 4.78 is 64.7. The number of halogens is 5. The summed E-state index contributed by atoms with van der Waals surface area (Å²) in [7, 11) is 0. The molecule has 0 bridgehead atoms. The maximum atomic E-state index is 13.2. The number of benzene rings is 1. The topological polar surface area (TPSA) is 48.2 Å². The third-order valence-electron chi connectivity index (χ3n) is 1.76. The zero-order valence-electron chi connectivity index (χ0n) is 8.69. The fourth-order valence-corrected chi connectivity index (χ4v) is 1.30. The Kier molecular flexibility index (Phi) is 4.49. The van der Waals surface area contributed by atoms with Gasteiger partial charge in [0.25, 0.3) is 0 Å². The van der Waals surface area contributed by atoms with Gasteiger partial charge in [-0.2, -0.15) is 5.26 Å². The molecular weight excluding hydrogens is 277 g/mol. The molecule has 96 valence electrons. The SMILES string of the molecule is CSC(=Nc1c(F)c(F)c(F)c(F)c1F)NC#N. The molecule has 0 aliphatic rings. The lowest BCUT2D eigenvalue weighted by Crippen LogP contribution is -2.13. The van der Waals surface area contributed by atoms with Crippen LogP contribution < -0.4 is 5.32 Å². The molecule has 0 fully saturated rings. The van der Waals surface area contributed by atoms with Crippen LogP contribution in [0.3, 0.4) is 0 Å². The summed E-state index contributed by atoms with van der Waals surface area (Å²) in [6.45, 7) is 0. The van der Waals surface area contributed by atoms with Crippen molar-refractivity contribution in [3.05, 3.63) is 29.1 Å². The number of rotatable bonds is 1. The van der Waals surface area contributed by atoms with Crippen LogP contribution in [0.1, 0.15) is 0 Å². The fraction of sp³-hybridized carbons (Fsp3) is 0.111. The van der Waals surface area contributed by atoms with Gasteiger partial charge in [-0.3, -0.25) is 5.32 Å². The zero-order chi connectivity index (χ0) is 13.9. The van der Waals surface area contributed by atoms with Gasteiger partial charge >= 0.3 is 0 Å². The van der Waals surface area contributed by atoms with Crippen molar-refractivity contribution in [2.24, 2.45) is 4.99 Å². The highest BCUT2D eigenvalue weighted by molar-refractivity contribution is 8.13. The molecule has 0 saturated carbocycles. The van der Waals surface area contributed by atoms with Crippen LogP contribution in [-0.4, -0.2) is 11.4 Å². The van der Waals surface area contributed by atoms with Crippen LogP contribution in [0.25, 0.3) is 0 Å². The lowest BCUT2D eigenvalue weighted by Gasteiger charge is -2.05. The summed E-state index contributed by atoms with van der Waals surface area (Å²) in [6, 6.07) is 0. The number of nitriles is 1. The molecule has 3 nitrogen and oxygen atoms in total. The summed E-state index contributed by atoms with van der Waals surface area (Å²) in [5.74, 6) is -10.6. The summed E-state index contributed by atoms with van der Waals surface area (Å²) in [4.78, 5) is 3.18. The van der Waals surface area contributed by atoms with Gasteiger partial charge in [0.05, 0.1) is 0 Å². The number of hydrogen-bond donors (Lipinski definition) is 1. The van der Waals surface area contributed by atoms with E-state index in [1.165, 1.54) is 12.4 Å². The van der Waals surface area contributed by atoms with Crippen LogP contribution in [0.15, 0.2) is 4.99 Å². The van der Waals surface area contributed by atoms with Crippen molar-refractivity contribution in [1.82, 2.24) is 5.32 Å². The first kappa shape index (κ1) is 14.2. The number of amidine groups is 1. The molecule has 0 aliphatic heterocycles. The first-order valence-electron chi connectivity index (χ1n) is 4.23. The van der Waals surface area contributed by atoms with Gasteiger partial charge < -0.3 is 0 Å². The molecule has 0 unspecified atom stereocenters. The van der Waals surface area contributed by atoms with E-state index in [2.05, 4.69) is 4.99 Å². The van der Waals surface area contributed by atoms with E-state index in [0.29, 0.717) is 0 Å². The Hall–Kier alpha value is -1.82. The predicted octanol–water partition coefficient (Wildman–Crippen LogP) is 2.80. The van der Waals surface area contributed by atoms with Gasteiger partial charge in [0.2, 0.25) is 5.82 Å². The Morgan fingerprint density at radius 2 is 1.50 bits per heavy atom. The van der Waals surface area contributed by atoms with E-state index in [-0.39, 0.29) is 5.17 Å². The second kappa shape index (κ2) is 5.68. The van der Waals surface area contributed by atoms with Crippen LogP contribution in [0.5, 0.6) is 0 Å². The van der Waals surface area contributed by atoms with Gasteiger partial charge in [-0.1, -0.05) is 11.8 Å². The summed E-state index contributed by atoms with van der Waals surface area (Å²) in [5, 5.41) is 9.92. The van der Waals surface area contributed by atoms with E-state index in [1.54, 1.807) is 0 Å². The molecular formula is C9H4F5N3S. The van der Waals surface area contributed by atoms with Crippen LogP contribution in [-0.2, 0) is 0 Å². The van der Waals surface area contributed by atoms with E-state index < -0.39 is 34.8 Å². The minimum absolute atomic E-state index is 0.305. The third kappa shape index (κ3) is 2.53. The second-order valence-corrected chi connectivity index (χ2v) is 3.57. The van der Waals surface area contributed by atoms with Gasteiger partial charge in [-0.15, -0.1) is 0 Å². The van der Waals surface area contributed by atoms with Gasteiger partial charge in [0.1, 0.15) is 5.69 Å². The van der Waals surface area contributed by atoms with Crippen molar-refractivity contribution >= 4 is 22.6 Å². The van der Waals surface area contributed by atoms with Crippen molar-refractivity contribution in [2.75, 3.05) is 6.26 Å². The Morgan fingerprint density at radius 1 is 1.06 bits per heavy atom. The molecule has 0 saturated heterocycles. The van der Waals surface area contributed by atoms with Crippen molar-refractivity contribution in [3.8, 4) is 6.19 Å². The molecule has 1 aromatic carbocycles. The lowest BCUT2D eigenvalue weighted by atomic mass is 10.2. The number of nitrogens with zero attached hydrogens (tertiary/aromatic N) is 2. The zero-order valence-corrected chi connectivity index (χ0v) is 9.51. The molecule has 0 radical (unpaired) electrons. The maximum Gasteiger partial charge on any atom is 0.200 e. The van der Waals surface area contributed by atoms with Crippen LogP contribution in [0, 0.1) is 40.5 Å². The average molecular weight is 281 g/mol. The highest BCUT2D eigenvalue weighted by Crippen LogP contribution is 2.29. The monoisotopic (exact) mass is 281 g/mol. The van der Waals surface area contributed by atoms with E-state index >= 15 is 0 Å². The molecule has 1 N–H and O–H groups in total. The molecule has 0 atom stereocenters. The highest BCUT2D eigenvalue weighted by Gasteiger charge is 2.25. The maximum absolute atomic E-state index is 13.2. The minimum Gasteiger partial charge on any atom is -0.271 e. The van der Waals surface area contributed by atoms with E-state index in [4.69, 9.17) is 5.26 Å². The van der Waals surface area contributed by atoms with Crippen molar-refractivity contribution in [2.45, 2.75) is 0 Å². The number of thioether (sulfide) groups is 1. The second-order valence-electron chi connectivity index (χ2n) is 2.78. The first-order chi connectivity index (χ1) is 8.43. The van der Waals surface area contributed by atoms with Crippen molar-refractivity contribution in [3.63, 3.8) is 0 Å². The van der Waals surface area contributed by atoms with E-state index in [9.17, 15) is 22.0 Å². The molecule has 1 aromatic rings. The Labute approximate surface area is 102 Å². The average Bonchev–Trinajstić information content (AvgIpc) is 2.37. The Morgan fingerprint density at radius 3 is 1.89 bits per heavy atom. The normalized spacial score (nSPS) is 11.3. The molecule has 9 heteroatoms. The molecule has 1 rings (SSSR count). The minimum atomic E-state index is -2.26. The smallest absolute Gasteiger partial charge is 0.200 e. The largest absolute Gasteiger partial charge is 0.271 e. The van der Waals surface area contributed by atoms with E-state index in [0.717, 1.165) is 11.8 Å². The van der Waals surface area contributed by atoms with Gasteiger partial charge in [-0.25, -0.2) is 26.9 Å².